The number of anilines is 1. The molecule has 1 amide bonds. The fourth-order valence-corrected chi connectivity index (χ4v) is 4.67. The third-order valence-corrected chi connectivity index (χ3v) is 6.28. The lowest BCUT2D eigenvalue weighted by Gasteiger charge is -2.14. The van der Waals surface area contributed by atoms with Crippen molar-refractivity contribution in [1.29, 1.82) is 0 Å². The van der Waals surface area contributed by atoms with Crippen LogP contribution < -0.4 is 20.1 Å². The van der Waals surface area contributed by atoms with Crippen molar-refractivity contribution < 1.29 is 23.8 Å². The van der Waals surface area contributed by atoms with Gasteiger partial charge in [0, 0.05) is 5.69 Å². The van der Waals surface area contributed by atoms with E-state index in [0.717, 1.165) is 17.7 Å². The number of hydrogen-bond donors (Lipinski definition) is 2. The first-order chi connectivity index (χ1) is 15.9. The average Bonchev–Trinajstić information content (AvgIpc) is 3.12. The second-order valence-electron chi connectivity index (χ2n) is 7.03. The number of ether oxygens (including phenoxy) is 3. The molecule has 0 unspecified atom stereocenters. The van der Waals surface area contributed by atoms with Crippen LogP contribution >= 0.6 is 27.7 Å². The van der Waals surface area contributed by atoms with Crippen LogP contribution in [0.3, 0.4) is 0 Å². The van der Waals surface area contributed by atoms with Crippen molar-refractivity contribution in [1.82, 2.24) is 5.32 Å². The number of thioether (sulfide) groups is 1. The highest BCUT2D eigenvalue weighted by Crippen LogP contribution is 2.39. The minimum atomic E-state index is -0.458. The third-order valence-electron chi connectivity index (χ3n) is 4.66. The van der Waals surface area contributed by atoms with Gasteiger partial charge in [-0.2, -0.15) is 0 Å². The van der Waals surface area contributed by atoms with Crippen LogP contribution in [-0.2, 0) is 20.7 Å². The molecule has 0 bridgehead atoms. The van der Waals surface area contributed by atoms with Gasteiger partial charge in [0.2, 0.25) is 0 Å². The van der Waals surface area contributed by atoms with Crippen molar-refractivity contribution >= 4 is 51.3 Å². The van der Waals surface area contributed by atoms with Crippen LogP contribution in [0.15, 0.2) is 45.8 Å². The number of carbonyl (C=O) groups excluding carboxylic acids is 2. The molecule has 0 spiro atoms. The van der Waals surface area contributed by atoms with Crippen molar-refractivity contribution in [2.24, 2.45) is 0 Å². The molecule has 3 rings (SSSR count). The Morgan fingerprint density at radius 1 is 1.15 bits per heavy atom. The number of benzene rings is 2. The van der Waals surface area contributed by atoms with Gasteiger partial charge in [-0.25, -0.2) is 4.79 Å². The summed E-state index contributed by atoms with van der Waals surface area (Å²) in [5.41, 5.74) is 2.70. The number of aryl methyl sites for hydroxylation is 1. The summed E-state index contributed by atoms with van der Waals surface area (Å²) < 4.78 is 16.8. The summed E-state index contributed by atoms with van der Waals surface area (Å²) in [5.74, 6) is 0.266. The predicted molar refractivity (Wildman–Crippen MR) is 134 cm³/mol. The number of halogens is 1. The Hall–Kier alpha value is -2.65. The van der Waals surface area contributed by atoms with E-state index in [9.17, 15) is 9.59 Å². The Kier molecular flexibility index (Phi) is 9.08. The van der Waals surface area contributed by atoms with Gasteiger partial charge >= 0.3 is 5.97 Å². The summed E-state index contributed by atoms with van der Waals surface area (Å²) in [6.07, 6.45) is 2.78. The van der Waals surface area contributed by atoms with E-state index in [-0.39, 0.29) is 24.6 Å². The highest BCUT2D eigenvalue weighted by molar-refractivity contribution is 9.10. The normalized spacial score (nSPS) is 16.4. The maximum Gasteiger partial charge on any atom is 0.344 e. The lowest BCUT2D eigenvalue weighted by Crippen LogP contribution is -2.30. The van der Waals surface area contributed by atoms with Gasteiger partial charge in [-0.3, -0.25) is 4.79 Å². The van der Waals surface area contributed by atoms with E-state index in [1.807, 2.05) is 25.1 Å². The Morgan fingerprint density at radius 3 is 2.58 bits per heavy atom. The topological polar surface area (TPSA) is 85.9 Å². The number of hydrogen-bond acceptors (Lipinski definition) is 7. The van der Waals surface area contributed by atoms with Crippen molar-refractivity contribution in [2.75, 3.05) is 25.1 Å². The Labute approximate surface area is 206 Å². The smallest absolute Gasteiger partial charge is 0.344 e. The molecule has 2 N–H and O–H groups in total. The van der Waals surface area contributed by atoms with Crippen LogP contribution in [0.5, 0.6) is 11.5 Å². The van der Waals surface area contributed by atoms with Crippen LogP contribution in [0.2, 0.25) is 0 Å². The fourth-order valence-electron chi connectivity index (χ4n) is 3.11. The molecule has 1 atom stereocenters. The first kappa shape index (κ1) is 25.0. The van der Waals surface area contributed by atoms with Gasteiger partial charge in [0.05, 0.1) is 22.6 Å². The summed E-state index contributed by atoms with van der Waals surface area (Å²) in [7, 11) is 0. The van der Waals surface area contributed by atoms with Crippen molar-refractivity contribution in [3.63, 3.8) is 0 Å². The molecule has 0 aliphatic carbocycles. The van der Waals surface area contributed by atoms with Crippen molar-refractivity contribution in [3.8, 4) is 11.5 Å². The minimum absolute atomic E-state index is 0.153. The average molecular weight is 535 g/mol. The number of rotatable bonds is 10. The quantitative estimate of drug-likeness (QED) is 0.329. The number of nitrogens with one attached hydrogen (secondary N) is 2. The van der Waals surface area contributed by atoms with Gasteiger partial charge in [0.15, 0.2) is 23.6 Å². The predicted octanol–water partition coefficient (Wildman–Crippen LogP) is 4.95. The Bertz CT molecular complexity index is 1030. The van der Waals surface area contributed by atoms with E-state index in [0.29, 0.717) is 27.5 Å². The van der Waals surface area contributed by atoms with Gasteiger partial charge < -0.3 is 24.8 Å². The SMILES string of the molecule is CCOC(=O)COc1c(Br)cc(/C=C2\S[C@@H](Nc3ccc(CC)cc3)NC2=O)cc1OCC. The van der Waals surface area contributed by atoms with E-state index < -0.39 is 5.97 Å². The molecule has 0 saturated carbocycles. The summed E-state index contributed by atoms with van der Waals surface area (Å²) in [5, 5.41) is 6.26. The molecule has 1 aliphatic rings. The van der Waals surface area contributed by atoms with Gasteiger partial charge in [-0.15, -0.1) is 0 Å². The summed E-state index contributed by atoms with van der Waals surface area (Å²) in [4.78, 5) is 24.8. The number of esters is 1. The van der Waals surface area contributed by atoms with E-state index in [2.05, 4.69) is 45.6 Å². The first-order valence-corrected chi connectivity index (χ1v) is 12.4. The van der Waals surface area contributed by atoms with E-state index in [1.54, 1.807) is 19.1 Å². The lowest BCUT2D eigenvalue weighted by molar-refractivity contribution is -0.145. The van der Waals surface area contributed by atoms with Gasteiger partial charge in [0.1, 0.15) is 0 Å². The molecule has 1 fully saturated rings. The second kappa shape index (κ2) is 12.0. The van der Waals surface area contributed by atoms with Gasteiger partial charge in [0.25, 0.3) is 5.91 Å². The highest BCUT2D eigenvalue weighted by Gasteiger charge is 2.27. The largest absolute Gasteiger partial charge is 0.490 e. The fraction of sp³-hybridized carbons (Fsp3) is 0.333. The Balaban J connectivity index is 1.74. The minimum Gasteiger partial charge on any atom is -0.490 e. The number of amides is 1. The molecule has 33 heavy (non-hydrogen) atoms. The molecule has 0 radical (unpaired) electrons. The standard InChI is InChI=1S/C24H27BrN2O5S/c1-4-15-7-9-17(10-8-15)26-24-27-23(29)20(33-24)13-16-11-18(25)22(19(12-16)30-5-2)32-14-21(28)31-6-3/h7-13,24,26H,4-6,14H2,1-3H3,(H,27,29)/b20-13-/t24-/m0/s1. The van der Waals surface area contributed by atoms with Crippen molar-refractivity contribution in [2.45, 2.75) is 32.7 Å². The molecule has 2 aromatic carbocycles. The molecule has 9 heteroatoms. The Morgan fingerprint density at radius 2 is 1.91 bits per heavy atom. The highest BCUT2D eigenvalue weighted by atomic mass is 79.9. The molecule has 2 aromatic rings. The zero-order valence-electron chi connectivity index (χ0n) is 18.8. The molecule has 7 nitrogen and oxygen atoms in total. The van der Waals surface area contributed by atoms with E-state index >= 15 is 0 Å². The second-order valence-corrected chi connectivity index (χ2v) is 9.03. The zero-order valence-corrected chi connectivity index (χ0v) is 21.2. The molecule has 1 heterocycles. The zero-order chi connectivity index (χ0) is 23.8. The maximum atomic E-state index is 12.5. The molecular weight excluding hydrogens is 508 g/mol. The summed E-state index contributed by atoms with van der Waals surface area (Å²) >= 11 is 4.89. The van der Waals surface area contributed by atoms with Crippen LogP contribution in [0, 0.1) is 0 Å². The molecule has 0 aromatic heterocycles. The first-order valence-electron chi connectivity index (χ1n) is 10.7. The summed E-state index contributed by atoms with van der Waals surface area (Å²) in [6.45, 7) is 6.19. The maximum absolute atomic E-state index is 12.5. The monoisotopic (exact) mass is 534 g/mol. The van der Waals surface area contributed by atoms with Gasteiger partial charge in [-0.05, 0) is 77.7 Å². The van der Waals surface area contributed by atoms with Crippen LogP contribution in [0.25, 0.3) is 6.08 Å². The van der Waals surface area contributed by atoms with Gasteiger partial charge in [-0.1, -0.05) is 30.8 Å². The molecule has 176 valence electrons. The van der Waals surface area contributed by atoms with E-state index in [4.69, 9.17) is 14.2 Å². The van der Waals surface area contributed by atoms with Crippen molar-refractivity contribution in [3.05, 3.63) is 56.9 Å². The number of carbonyl (C=O) groups is 2. The van der Waals surface area contributed by atoms with Crippen LogP contribution in [-0.4, -0.2) is 37.2 Å². The lowest BCUT2D eigenvalue weighted by atomic mass is 10.1. The third kappa shape index (κ3) is 6.91. The summed E-state index contributed by atoms with van der Waals surface area (Å²) in [6, 6.07) is 11.7. The molecule has 1 saturated heterocycles. The molecule has 1 aliphatic heterocycles. The van der Waals surface area contributed by atoms with Crippen LogP contribution in [0.1, 0.15) is 31.9 Å². The van der Waals surface area contributed by atoms with Crippen LogP contribution in [0.4, 0.5) is 5.69 Å². The van der Waals surface area contributed by atoms with E-state index in [1.165, 1.54) is 17.3 Å². The molecular formula is C24H27BrN2O5S.